The van der Waals surface area contributed by atoms with Crippen LogP contribution >= 0.6 is 15.9 Å². The third kappa shape index (κ3) is 1.09. The van der Waals surface area contributed by atoms with Crippen LogP contribution in [-0.2, 0) is 6.42 Å². The number of fused-ring (bicyclic) bond motifs is 1. The molecule has 1 aromatic carbocycles. The molecule has 0 saturated heterocycles. The van der Waals surface area contributed by atoms with E-state index in [-0.39, 0.29) is 0 Å². The van der Waals surface area contributed by atoms with Crippen LogP contribution in [0, 0.1) is 11.3 Å². The lowest BCUT2D eigenvalue weighted by Crippen LogP contribution is -1.93. The van der Waals surface area contributed by atoms with Crippen LogP contribution in [0.4, 0.5) is 5.69 Å². The molecule has 2 nitrogen and oxygen atoms in total. The molecule has 60 valence electrons. The van der Waals surface area contributed by atoms with E-state index in [0.717, 1.165) is 28.7 Å². The van der Waals surface area contributed by atoms with E-state index in [2.05, 4.69) is 33.4 Å². The molecule has 1 aromatic rings. The summed E-state index contributed by atoms with van der Waals surface area (Å²) in [4.78, 5) is 0. The molecule has 1 N–H and O–H groups in total. The summed E-state index contributed by atoms with van der Waals surface area (Å²) in [6, 6.07) is 6.09. The number of rotatable bonds is 0. The fourth-order valence-electron chi connectivity index (χ4n) is 1.48. The summed E-state index contributed by atoms with van der Waals surface area (Å²) in [7, 11) is 0. The van der Waals surface area contributed by atoms with Crippen LogP contribution in [-0.4, -0.2) is 6.54 Å². The van der Waals surface area contributed by atoms with Crippen molar-refractivity contribution in [2.75, 3.05) is 11.9 Å². The van der Waals surface area contributed by atoms with Gasteiger partial charge in [-0.3, -0.25) is 0 Å². The lowest BCUT2D eigenvalue weighted by Gasteiger charge is -2.02. The molecular weight excluding hydrogens is 216 g/mol. The van der Waals surface area contributed by atoms with Crippen molar-refractivity contribution < 1.29 is 0 Å². The molecule has 1 aliphatic heterocycles. The molecule has 2 rings (SSSR count). The molecule has 3 heteroatoms. The van der Waals surface area contributed by atoms with Crippen molar-refractivity contribution in [2.45, 2.75) is 6.42 Å². The summed E-state index contributed by atoms with van der Waals surface area (Å²) in [5, 5.41) is 12.0. The van der Waals surface area contributed by atoms with Gasteiger partial charge in [0.05, 0.1) is 11.3 Å². The quantitative estimate of drug-likeness (QED) is 0.732. The van der Waals surface area contributed by atoms with Crippen molar-refractivity contribution in [1.82, 2.24) is 0 Å². The van der Waals surface area contributed by atoms with Crippen LogP contribution < -0.4 is 5.32 Å². The standard InChI is InChI=1S/C9H7BrN2/c10-8-3-6-1-2-12-9(6)7(4-8)5-11/h3-4,12H,1-2H2. The van der Waals surface area contributed by atoms with Crippen molar-refractivity contribution in [3.05, 3.63) is 27.7 Å². The van der Waals surface area contributed by atoms with E-state index in [1.54, 1.807) is 0 Å². The molecule has 1 aliphatic rings. The molecule has 0 unspecified atom stereocenters. The summed E-state index contributed by atoms with van der Waals surface area (Å²) < 4.78 is 0.988. The fraction of sp³-hybridized carbons (Fsp3) is 0.222. The monoisotopic (exact) mass is 222 g/mol. The van der Waals surface area contributed by atoms with Gasteiger partial charge >= 0.3 is 0 Å². The summed E-state index contributed by atoms with van der Waals surface area (Å²) in [6.45, 7) is 0.945. The molecule has 0 radical (unpaired) electrons. The van der Waals surface area contributed by atoms with E-state index < -0.39 is 0 Å². The molecule has 0 saturated carbocycles. The maximum absolute atomic E-state index is 8.82. The summed E-state index contributed by atoms with van der Waals surface area (Å²) in [5.74, 6) is 0. The van der Waals surface area contributed by atoms with Crippen LogP contribution in [0.25, 0.3) is 0 Å². The van der Waals surface area contributed by atoms with Gasteiger partial charge in [-0.25, -0.2) is 0 Å². The van der Waals surface area contributed by atoms with E-state index in [4.69, 9.17) is 5.26 Å². The van der Waals surface area contributed by atoms with Crippen molar-refractivity contribution in [3.63, 3.8) is 0 Å². The Morgan fingerprint density at radius 1 is 1.50 bits per heavy atom. The van der Waals surface area contributed by atoms with Crippen molar-refractivity contribution in [2.24, 2.45) is 0 Å². The predicted molar refractivity (Wildman–Crippen MR) is 51.1 cm³/mol. The Labute approximate surface area is 79.3 Å². The Kier molecular flexibility index (Phi) is 1.78. The topological polar surface area (TPSA) is 35.8 Å². The van der Waals surface area contributed by atoms with Crippen LogP contribution in [0.1, 0.15) is 11.1 Å². The molecule has 12 heavy (non-hydrogen) atoms. The number of hydrogen-bond donors (Lipinski definition) is 1. The first-order valence-electron chi connectivity index (χ1n) is 3.77. The number of anilines is 1. The van der Waals surface area contributed by atoms with Crippen LogP contribution in [0.2, 0.25) is 0 Å². The summed E-state index contributed by atoms with van der Waals surface area (Å²) in [6.07, 6.45) is 1.02. The molecule has 0 bridgehead atoms. The second-order valence-electron chi connectivity index (χ2n) is 2.78. The Bertz CT molecular complexity index is 366. The van der Waals surface area contributed by atoms with E-state index in [1.807, 2.05) is 6.07 Å². The Morgan fingerprint density at radius 3 is 3.08 bits per heavy atom. The van der Waals surface area contributed by atoms with Gasteiger partial charge in [0.1, 0.15) is 6.07 Å². The summed E-state index contributed by atoms with van der Waals surface area (Å²) >= 11 is 3.38. The van der Waals surface area contributed by atoms with Crippen LogP contribution in [0.5, 0.6) is 0 Å². The lowest BCUT2D eigenvalue weighted by atomic mass is 10.1. The van der Waals surface area contributed by atoms with Gasteiger partial charge in [-0.2, -0.15) is 5.26 Å². The van der Waals surface area contributed by atoms with Gasteiger partial charge in [0.2, 0.25) is 0 Å². The third-order valence-corrected chi connectivity index (χ3v) is 2.46. The Morgan fingerprint density at radius 2 is 2.33 bits per heavy atom. The maximum atomic E-state index is 8.82. The van der Waals surface area contributed by atoms with Gasteiger partial charge < -0.3 is 5.32 Å². The van der Waals surface area contributed by atoms with E-state index >= 15 is 0 Å². The average Bonchev–Trinajstić information content (AvgIpc) is 2.50. The van der Waals surface area contributed by atoms with Gasteiger partial charge in [-0.15, -0.1) is 0 Å². The summed E-state index contributed by atoms with van der Waals surface area (Å²) in [5.41, 5.74) is 2.98. The number of nitrogens with one attached hydrogen (secondary N) is 1. The van der Waals surface area contributed by atoms with Gasteiger partial charge in [-0.1, -0.05) is 15.9 Å². The Balaban J connectivity index is 2.64. The number of nitriles is 1. The molecule has 1 heterocycles. The van der Waals surface area contributed by atoms with Crippen LogP contribution in [0.15, 0.2) is 16.6 Å². The normalized spacial score (nSPS) is 13.3. The maximum Gasteiger partial charge on any atom is 0.101 e. The number of hydrogen-bond acceptors (Lipinski definition) is 2. The van der Waals surface area contributed by atoms with E-state index in [1.165, 1.54) is 5.56 Å². The number of halogens is 1. The first-order valence-corrected chi connectivity index (χ1v) is 4.57. The van der Waals surface area contributed by atoms with E-state index in [0.29, 0.717) is 0 Å². The highest BCUT2D eigenvalue weighted by Crippen LogP contribution is 2.29. The minimum Gasteiger partial charge on any atom is -0.383 e. The molecule has 0 fully saturated rings. The molecule has 0 spiro atoms. The smallest absolute Gasteiger partial charge is 0.101 e. The second kappa shape index (κ2) is 2.80. The highest BCUT2D eigenvalue weighted by atomic mass is 79.9. The van der Waals surface area contributed by atoms with Crippen molar-refractivity contribution in [3.8, 4) is 6.07 Å². The molecule has 0 aliphatic carbocycles. The second-order valence-corrected chi connectivity index (χ2v) is 3.69. The van der Waals surface area contributed by atoms with E-state index in [9.17, 15) is 0 Å². The van der Waals surface area contributed by atoms with Gasteiger partial charge in [-0.05, 0) is 24.1 Å². The average molecular weight is 223 g/mol. The molecular formula is C9H7BrN2. The predicted octanol–water partition coefficient (Wildman–Crippen LogP) is 2.29. The van der Waals surface area contributed by atoms with Gasteiger partial charge in [0.15, 0.2) is 0 Å². The van der Waals surface area contributed by atoms with Gasteiger partial charge in [0, 0.05) is 11.0 Å². The zero-order valence-electron chi connectivity index (χ0n) is 6.39. The minimum absolute atomic E-state index is 0.733. The lowest BCUT2D eigenvalue weighted by molar-refractivity contribution is 1.10. The van der Waals surface area contributed by atoms with Crippen molar-refractivity contribution >= 4 is 21.6 Å². The molecule has 0 atom stereocenters. The van der Waals surface area contributed by atoms with Crippen molar-refractivity contribution in [1.29, 1.82) is 5.26 Å². The Hall–Kier alpha value is -1.01. The zero-order valence-corrected chi connectivity index (χ0v) is 7.98. The third-order valence-electron chi connectivity index (χ3n) is 2.00. The van der Waals surface area contributed by atoms with Gasteiger partial charge in [0.25, 0.3) is 0 Å². The number of benzene rings is 1. The fourth-order valence-corrected chi connectivity index (χ4v) is 1.98. The largest absolute Gasteiger partial charge is 0.383 e. The molecule has 0 aromatic heterocycles. The first kappa shape index (κ1) is 7.63. The minimum atomic E-state index is 0.733. The zero-order chi connectivity index (χ0) is 8.55. The molecule has 0 amide bonds. The SMILES string of the molecule is N#Cc1cc(Br)cc2c1NCC2. The first-order chi connectivity index (χ1) is 5.81. The number of nitrogens with zero attached hydrogens (tertiary/aromatic N) is 1. The highest BCUT2D eigenvalue weighted by molar-refractivity contribution is 9.10. The highest BCUT2D eigenvalue weighted by Gasteiger charge is 2.14. The van der Waals surface area contributed by atoms with Crippen LogP contribution in [0.3, 0.4) is 0 Å².